The SMILES string of the molecule is CCc1[nH]nc(C(=O)NCC2CCCN2C)c1N. The van der Waals surface area contributed by atoms with Gasteiger partial charge >= 0.3 is 0 Å². The van der Waals surface area contributed by atoms with Gasteiger partial charge in [-0.05, 0) is 32.9 Å². The molecule has 1 aliphatic rings. The van der Waals surface area contributed by atoms with Gasteiger partial charge < -0.3 is 16.0 Å². The number of nitrogen functional groups attached to an aromatic ring is 1. The minimum absolute atomic E-state index is 0.191. The van der Waals surface area contributed by atoms with Gasteiger partial charge in [0.05, 0.1) is 11.4 Å². The Kier molecular flexibility index (Phi) is 3.86. The van der Waals surface area contributed by atoms with E-state index in [0.717, 1.165) is 25.1 Å². The van der Waals surface area contributed by atoms with E-state index in [9.17, 15) is 4.79 Å². The Labute approximate surface area is 107 Å². The number of aryl methyl sites for hydroxylation is 1. The summed E-state index contributed by atoms with van der Waals surface area (Å²) in [5.74, 6) is -0.191. The quantitative estimate of drug-likeness (QED) is 0.722. The van der Waals surface area contributed by atoms with Crippen molar-refractivity contribution < 1.29 is 4.79 Å². The molecule has 6 heteroatoms. The van der Waals surface area contributed by atoms with Gasteiger partial charge in [-0.15, -0.1) is 0 Å². The van der Waals surface area contributed by atoms with Crippen LogP contribution in [0.4, 0.5) is 5.69 Å². The predicted molar refractivity (Wildman–Crippen MR) is 70.4 cm³/mol. The first-order valence-electron chi connectivity index (χ1n) is 6.44. The molecule has 1 atom stereocenters. The van der Waals surface area contributed by atoms with E-state index in [0.29, 0.717) is 24.0 Å². The fraction of sp³-hybridized carbons (Fsp3) is 0.667. The topological polar surface area (TPSA) is 87.0 Å². The highest BCUT2D eigenvalue weighted by molar-refractivity contribution is 5.97. The number of rotatable bonds is 4. The van der Waals surface area contributed by atoms with Gasteiger partial charge in [-0.2, -0.15) is 5.10 Å². The summed E-state index contributed by atoms with van der Waals surface area (Å²) < 4.78 is 0. The van der Waals surface area contributed by atoms with Crippen molar-refractivity contribution in [2.75, 3.05) is 25.9 Å². The third kappa shape index (κ3) is 2.48. The lowest BCUT2D eigenvalue weighted by atomic mass is 10.2. The number of anilines is 1. The van der Waals surface area contributed by atoms with E-state index in [4.69, 9.17) is 5.73 Å². The van der Waals surface area contributed by atoms with Gasteiger partial charge in [0.2, 0.25) is 0 Å². The van der Waals surface area contributed by atoms with Crippen molar-refractivity contribution in [2.24, 2.45) is 0 Å². The average Bonchev–Trinajstić information content (AvgIpc) is 2.92. The zero-order valence-corrected chi connectivity index (χ0v) is 11.0. The smallest absolute Gasteiger partial charge is 0.273 e. The van der Waals surface area contributed by atoms with Crippen LogP contribution in [0.15, 0.2) is 0 Å². The van der Waals surface area contributed by atoms with Crippen molar-refractivity contribution in [1.29, 1.82) is 0 Å². The summed E-state index contributed by atoms with van der Waals surface area (Å²) in [6.07, 6.45) is 3.08. The number of nitrogens with two attached hydrogens (primary N) is 1. The summed E-state index contributed by atoms with van der Waals surface area (Å²) in [5, 5.41) is 9.68. The second kappa shape index (κ2) is 5.39. The maximum Gasteiger partial charge on any atom is 0.273 e. The Morgan fingerprint density at radius 1 is 1.67 bits per heavy atom. The predicted octanol–water partition coefficient (Wildman–Crippen LogP) is 0.378. The lowest BCUT2D eigenvalue weighted by molar-refractivity contribution is 0.0939. The molecule has 0 saturated carbocycles. The Balaban J connectivity index is 1.93. The monoisotopic (exact) mass is 251 g/mol. The van der Waals surface area contributed by atoms with Crippen molar-refractivity contribution >= 4 is 11.6 Å². The molecule has 0 bridgehead atoms. The third-order valence-corrected chi connectivity index (χ3v) is 3.62. The molecule has 2 heterocycles. The van der Waals surface area contributed by atoms with Crippen molar-refractivity contribution in [1.82, 2.24) is 20.4 Å². The second-order valence-corrected chi connectivity index (χ2v) is 4.80. The molecule has 1 unspecified atom stereocenters. The molecule has 1 aromatic heterocycles. The summed E-state index contributed by atoms with van der Waals surface area (Å²) in [6, 6.07) is 0.430. The van der Waals surface area contributed by atoms with Gasteiger partial charge in [0.15, 0.2) is 5.69 Å². The molecule has 0 aromatic carbocycles. The Bertz CT molecular complexity index is 428. The van der Waals surface area contributed by atoms with Gasteiger partial charge in [0.25, 0.3) is 5.91 Å². The van der Waals surface area contributed by atoms with Crippen LogP contribution in [0.2, 0.25) is 0 Å². The molecule has 1 saturated heterocycles. The summed E-state index contributed by atoms with van der Waals surface area (Å²) in [7, 11) is 2.09. The molecule has 4 N–H and O–H groups in total. The van der Waals surface area contributed by atoms with Gasteiger partial charge in [0, 0.05) is 12.6 Å². The van der Waals surface area contributed by atoms with Crippen molar-refractivity contribution in [3.05, 3.63) is 11.4 Å². The first-order chi connectivity index (χ1) is 8.63. The highest BCUT2D eigenvalue weighted by Crippen LogP contribution is 2.16. The number of carbonyl (C=O) groups excluding carboxylic acids is 1. The number of likely N-dealkylation sites (N-methyl/N-ethyl adjacent to an activating group) is 1. The molecule has 0 aliphatic carbocycles. The molecule has 1 aliphatic heterocycles. The van der Waals surface area contributed by atoms with Gasteiger partial charge in [-0.1, -0.05) is 6.92 Å². The Hall–Kier alpha value is -1.56. The molecular weight excluding hydrogens is 230 g/mol. The molecule has 1 fully saturated rings. The van der Waals surface area contributed by atoms with Crippen LogP contribution in [-0.4, -0.2) is 47.2 Å². The normalized spacial score (nSPS) is 20.2. The fourth-order valence-electron chi connectivity index (χ4n) is 2.36. The Morgan fingerprint density at radius 3 is 3.00 bits per heavy atom. The van der Waals surface area contributed by atoms with Crippen LogP contribution in [0, 0.1) is 0 Å². The highest BCUT2D eigenvalue weighted by atomic mass is 16.2. The number of H-pyrrole nitrogens is 1. The summed E-state index contributed by atoms with van der Waals surface area (Å²) in [5.41, 5.74) is 7.46. The standard InChI is InChI=1S/C12H21N5O/c1-3-9-10(13)11(16-15-9)12(18)14-7-8-5-4-6-17(8)2/h8H,3-7,13H2,1-2H3,(H,14,18)(H,15,16). The average molecular weight is 251 g/mol. The number of hydrogen-bond donors (Lipinski definition) is 3. The van der Waals surface area contributed by atoms with Crippen molar-refractivity contribution in [3.8, 4) is 0 Å². The molecule has 6 nitrogen and oxygen atoms in total. The van der Waals surface area contributed by atoms with Crippen LogP contribution in [0.1, 0.15) is 35.9 Å². The lowest BCUT2D eigenvalue weighted by Crippen LogP contribution is -2.38. The van der Waals surface area contributed by atoms with E-state index in [2.05, 4.69) is 27.5 Å². The van der Waals surface area contributed by atoms with Crippen molar-refractivity contribution in [2.45, 2.75) is 32.2 Å². The lowest BCUT2D eigenvalue weighted by Gasteiger charge is -2.19. The second-order valence-electron chi connectivity index (χ2n) is 4.80. The van der Waals surface area contributed by atoms with Crippen LogP contribution < -0.4 is 11.1 Å². The zero-order chi connectivity index (χ0) is 13.1. The molecule has 1 aromatic rings. The maximum atomic E-state index is 12.0. The summed E-state index contributed by atoms with van der Waals surface area (Å²) in [6.45, 7) is 3.73. The minimum atomic E-state index is -0.191. The number of nitrogens with zero attached hydrogens (tertiary/aromatic N) is 2. The number of hydrogen-bond acceptors (Lipinski definition) is 4. The van der Waals surface area contributed by atoms with Crippen LogP contribution in [0.5, 0.6) is 0 Å². The van der Waals surface area contributed by atoms with Crippen LogP contribution >= 0.6 is 0 Å². The number of aromatic amines is 1. The minimum Gasteiger partial charge on any atom is -0.395 e. The largest absolute Gasteiger partial charge is 0.395 e. The molecule has 100 valence electrons. The van der Waals surface area contributed by atoms with E-state index in [-0.39, 0.29) is 5.91 Å². The van der Waals surface area contributed by atoms with E-state index in [1.807, 2.05) is 6.92 Å². The van der Waals surface area contributed by atoms with Crippen molar-refractivity contribution in [3.63, 3.8) is 0 Å². The first kappa shape index (κ1) is 12.9. The zero-order valence-electron chi connectivity index (χ0n) is 11.0. The van der Waals surface area contributed by atoms with E-state index >= 15 is 0 Å². The number of amides is 1. The fourth-order valence-corrected chi connectivity index (χ4v) is 2.36. The van der Waals surface area contributed by atoms with Crippen LogP contribution in [0.25, 0.3) is 0 Å². The third-order valence-electron chi connectivity index (χ3n) is 3.62. The molecule has 2 rings (SSSR count). The maximum absolute atomic E-state index is 12.0. The number of likely N-dealkylation sites (tertiary alicyclic amines) is 1. The van der Waals surface area contributed by atoms with Crippen LogP contribution in [-0.2, 0) is 6.42 Å². The van der Waals surface area contributed by atoms with Gasteiger partial charge in [-0.25, -0.2) is 0 Å². The molecule has 1 amide bonds. The Morgan fingerprint density at radius 2 is 2.44 bits per heavy atom. The first-order valence-corrected chi connectivity index (χ1v) is 6.44. The van der Waals surface area contributed by atoms with Crippen LogP contribution in [0.3, 0.4) is 0 Å². The van der Waals surface area contributed by atoms with E-state index in [1.54, 1.807) is 0 Å². The molecule has 18 heavy (non-hydrogen) atoms. The van der Waals surface area contributed by atoms with E-state index in [1.165, 1.54) is 6.42 Å². The number of carbonyl (C=O) groups is 1. The molecule has 0 radical (unpaired) electrons. The number of nitrogens with one attached hydrogen (secondary N) is 2. The number of aromatic nitrogens is 2. The van der Waals surface area contributed by atoms with E-state index < -0.39 is 0 Å². The van der Waals surface area contributed by atoms with Gasteiger partial charge in [0.1, 0.15) is 0 Å². The highest BCUT2D eigenvalue weighted by Gasteiger charge is 2.22. The molecule has 0 spiro atoms. The van der Waals surface area contributed by atoms with Gasteiger partial charge in [-0.3, -0.25) is 9.89 Å². The molecular formula is C12H21N5O. The summed E-state index contributed by atoms with van der Waals surface area (Å²) >= 11 is 0. The summed E-state index contributed by atoms with van der Waals surface area (Å²) in [4.78, 5) is 14.2.